The third-order valence-electron chi connectivity index (χ3n) is 5.56. The number of benzene rings is 2. The van der Waals surface area contributed by atoms with Crippen LogP contribution in [0.3, 0.4) is 0 Å². The minimum atomic E-state index is -2.35. The standard InChI is InChI=1S/C23H22F5NO4/c24-17-18(25)20(27)22(21(28)19(17)26)33-23(31)16(10-14-6-4-5-7-14)11-29(13-30)32-12-15-8-2-1-3-9-15/h1-3,8-9,13-14,16H,4-7,10-12H2. The summed E-state index contributed by atoms with van der Waals surface area (Å²) in [6, 6.07) is 8.86. The van der Waals surface area contributed by atoms with Crippen molar-refractivity contribution in [3.8, 4) is 5.75 Å². The number of halogens is 5. The molecule has 2 aromatic rings. The van der Waals surface area contributed by atoms with Crippen LogP contribution < -0.4 is 4.74 Å². The van der Waals surface area contributed by atoms with Gasteiger partial charge in [0.25, 0.3) is 0 Å². The van der Waals surface area contributed by atoms with Crippen molar-refractivity contribution in [1.29, 1.82) is 0 Å². The first kappa shape index (κ1) is 24.6. The Balaban J connectivity index is 1.76. The number of carbonyl (C=O) groups is 2. The zero-order chi connectivity index (χ0) is 24.0. The molecule has 0 bridgehead atoms. The SMILES string of the molecule is O=CN(CC(CC1CCCC1)C(=O)Oc1c(F)c(F)c(F)c(F)c1F)OCc1ccccc1. The number of ether oxygens (including phenoxy) is 1. The number of amides is 1. The second-order valence-corrected chi connectivity index (χ2v) is 7.87. The monoisotopic (exact) mass is 471 g/mol. The second kappa shape index (κ2) is 11.2. The van der Waals surface area contributed by atoms with E-state index in [1.54, 1.807) is 30.3 Å². The molecule has 1 unspecified atom stereocenters. The second-order valence-electron chi connectivity index (χ2n) is 7.87. The van der Waals surface area contributed by atoms with Crippen LogP contribution in [0.25, 0.3) is 0 Å². The fourth-order valence-corrected chi connectivity index (χ4v) is 3.83. The van der Waals surface area contributed by atoms with Crippen molar-refractivity contribution in [2.75, 3.05) is 6.54 Å². The van der Waals surface area contributed by atoms with Crippen molar-refractivity contribution in [2.45, 2.75) is 38.7 Å². The molecule has 10 heteroatoms. The molecule has 5 nitrogen and oxygen atoms in total. The minimum Gasteiger partial charge on any atom is -0.420 e. The quantitative estimate of drug-likeness (QED) is 0.0923. The van der Waals surface area contributed by atoms with Gasteiger partial charge < -0.3 is 4.74 Å². The number of esters is 1. The van der Waals surface area contributed by atoms with E-state index in [4.69, 9.17) is 4.84 Å². The van der Waals surface area contributed by atoms with Crippen LogP contribution in [0.4, 0.5) is 22.0 Å². The first-order valence-corrected chi connectivity index (χ1v) is 10.4. The molecule has 1 aliphatic rings. The van der Waals surface area contributed by atoms with Gasteiger partial charge in [-0.2, -0.15) is 8.78 Å². The zero-order valence-corrected chi connectivity index (χ0v) is 17.5. The molecule has 1 atom stereocenters. The van der Waals surface area contributed by atoms with Gasteiger partial charge in [0, 0.05) is 0 Å². The molecule has 1 amide bonds. The van der Waals surface area contributed by atoms with Gasteiger partial charge in [-0.3, -0.25) is 14.4 Å². The van der Waals surface area contributed by atoms with Crippen LogP contribution in [0.15, 0.2) is 30.3 Å². The molecule has 0 saturated heterocycles. The number of hydrogen-bond donors (Lipinski definition) is 0. The van der Waals surface area contributed by atoms with E-state index in [1.165, 1.54) is 0 Å². The van der Waals surface area contributed by atoms with Crippen molar-refractivity contribution < 1.29 is 41.1 Å². The largest absolute Gasteiger partial charge is 0.420 e. The summed E-state index contributed by atoms with van der Waals surface area (Å²) in [5.74, 6) is -15.2. The maximum absolute atomic E-state index is 14.0. The molecule has 0 heterocycles. The van der Waals surface area contributed by atoms with E-state index < -0.39 is 46.7 Å². The molecule has 1 aliphatic carbocycles. The summed E-state index contributed by atoms with van der Waals surface area (Å²) in [6.07, 6.45) is 4.03. The summed E-state index contributed by atoms with van der Waals surface area (Å²) in [7, 11) is 0. The Morgan fingerprint density at radius 2 is 1.55 bits per heavy atom. The Labute approximate surface area is 187 Å². The van der Waals surface area contributed by atoms with Gasteiger partial charge in [-0.25, -0.2) is 18.2 Å². The van der Waals surface area contributed by atoms with Gasteiger partial charge in [0.15, 0.2) is 0 Å². The summed E-state index contributed by atoms with van der Waals surface area (Å²) in [5.41, 5.74) is 0.751. The number of hydroxylamine groups is 2. The van der Waals surface area contributed by atoms with Gasteiger partial charge in [0.1, 0.15) is 6.61 Å². The lowest BCUT2D eigenvalue weighted by atomic mass is 9.93. The van der Waals surface area contributed by atoms with Crippen molar-refractivity contribution >= 4 is 12.4 Å². The number of nitrogens with zero attached hydrogens (tertiary/aromatic N) is 1. The molecule has 1 saturated carbocycles. The van der Waals surface area contributed by atoms with E-state index in [0.29, 0.717) is 6.41 Å². The summed E-state index contributed by atoms with van der Waals surface area (Å²) in [4.78, 5) is 29.7. The lowest BCUT2D eigenvalue weighted by Crippen LogP contribution is -2.36. The number of hydrogen-bond acceptors (Lipinski definition) is 4. The first-order chi connectivity index (χ1) is 15.8. The Hall–Kier alpha value is -3.01. The molecular weight excluding hydrogens is 449 g/mol. The molecule has 0 aliphatic heterocycles. The molecule has 0 radical (unpaired) electrons. The third-order valence-corrected chi connectivity index (χ3v) is 5.56. The fraction of sp³-hybridized carbons (Fsp3) is 0.391. The molecule has 178 valence electrons. The minimum absolute atomic E-state index is 0.0163. The summed E-state index contributed by atoms with van der Waals surface area (Å²) < 4.78 is 72.8. The van der Waals surface area contributed by atoms with E-state index in [2.05, 4.69) is 4.74 Å². The number of carbonyl (C=O) groups excluding carboxylic acids is 2. The Morgan fingerprint density at radius 3 is 2.12 bits per heavy atom. The summed E-state index contributed by atoms with van der Waals surface area (Å²) in [5, 5.41) is 0.854. The van der Waals surface area contributed by atoms with Crippen LogP contribution in [0.1, 0.15) is 37.7 Å². The van der Waals surface area contributed by atoms with E-state index in [0.717, 1.165) is 36.3 Å². The summed E-state index contributed by atoms with van der Waals surface area (Å²) in [6.45, 7) is -0.302. The van der Waals surface area contributed by atoms with Gasteiger partial charge in [0.2, 0.25) is 41.2 Å². The molecule has 0 N–H and O–H groups in total. The highest BCUT2D eigenvalue weighted by molar-refractivity contribution is 5.75. The van der Waals surface area contributed by atoms with Crippen molar-refractivity contribution in [1.82, 2.24) is 5.06 Å². The lowest BCUT2D eigenvalue weighted by molar-refractivity contribution is -0.184. The molecule has 0 aromatic heterocycles. The predicted molar refractivity (Wildman–Crippen MR) is 106 cm³/mol. The van der Waals surface area contributed by atoms with Gasteiger partial charge in [-0.05, 0) is 17.9 Å². The maximum atomic E-state index is 14.0. The van der Waals surface area contributed by atoms with Crippen LogP contribution >= 0.6 is 0 Å². The van der Waals surface area contributed by atoms with Crippen molar-refractivity contribution in [2.24, 2.45) is 11.8 Å². The average molecular weight is 471 g/mol. The lowest BCUT2D eigenvalue weighted by Gasteiger charge is -2.24. The Morgan fingerprint density at radius 1 is 0.970 bits per heavy atom. The topological polar surface area (TPSA) is 55.8 Å². The Kier molecular flexibility index (Phi) is 8.37. The molecule has 0 spiro atoms. The van der Waals surface area contributed by atoms with Crippen molar-refractivity contribution in [3.05, 3.63) is 65.0 Å². The van der Waals surface area contributed by atoms with Crippen molar-refractivity contribution in [3.63, 3.8) is 0 Å². The zero-order valence-electron chi connectivity index (χ0n) is 17.5. The van der Waals surface area contributed by atoms with Crippen LogP contribution in [-0.4, -0.2) is 24.0 Å². The average Bonchev–Trinajstić information content (AvgIpc) is 3.35. The smallest absolute Gasteiger partial charge is 0.316 e. The van der Waals surface area contributed by atoms with Gasteiger partial charge in [-0.1, -0.05) is 56.0 Å². The molecule has 1 fully saturated rings. The molecular formula is C23H22F5NO4. The van der Waals surface area contributed by atoms with E-state index in [1.807, 2.05) is 0 Å². The number of rotatable bonds is 10. The predicted octanol–water partition coefficient (Wildman–Crippen LogP) is 5.07. The maximum Gasteiger partial charge on any atom is 0.316 e. The highest BCUT2D eigenvalue weighted by Gasteiger charge is 2.33. The van der Waals surface area contributed by atoms with Crippen LogP contribution in [0, 0.1) is 40.9 Å². The third kappa shape index (κ3) is 6.07. The summed E-state index contributed by atoms with van der Waals surface area (Å²) >= 11 is 0. The van der Waals surface area contributed by atoms with Gasteiger partial charge in [-0.15, -0.1) is 0 Å². The van der Waals surface area contributed by atoms with E-state index >= 15 is 0 Å². The molecule has 2 aromatic carbocycles. The fourth-order valence-electron chi connectivity index (χ4n) is 3.83. The van der Waals surface area contributed by atoms with E-state index in [-0.39, 0.29) is 25.5 Å². The van der Waals surface area contributed by atoms with Gasteiger partial charge >= 0.3 is 5.97 Å². The van der Waals surface area contributed by atoms with Crippen LogP contribution in [0.2, 0.25) is 0 Å². The first-order valence-electron chi connectivity index (χ1n) is 10.4. The van der Waals surface area contributed by atoms with Crippen LogP contribution in [-0.2, 0) is 21.0 Å². The molecule has 33 heavy (non-hydrogen) atoms. The normalized spacial score (nSPS) is 14.8. The highest BCUT2D eigenvalue weighted by atomic mass is 19.2. The molecule has 3 rings (SSSR count). The van der Waals surface area contributed by atoms with Gasteiger partial charge in [0.05, 0.1) is 12.5 Å². The van der Waals surface area contributed by atoms with Crippen LogP contribution in [0.5, 0.6) is 5.75 Å². The van der Waals surface area contributed by atoms with E-state index in [9.17, 15) is 31.5 Å². The Bertz CT molecular complexity index is 954. The highest BCUT2D eigenvalue weighted by Crippen LogP contribution is 2.33.